The number of allylic oxidation sites excluding steroid dienone is 3. The Morgan fingerprint density at radius 1 is 1.21 bits per heavy atom. The molecule has 7 nitrogen and oxygen atoms in total. The number of rotatable bonds is 5. The van der Waals surface area contributed by atoms with Crippen LogP contribution < -0.4 is 16.6 Å². The number of nitrogens with one attached hydrogen (secondary N) is 1. The summed E-state index contributed by atoms with van der Waals surface area (Å²) in [5.41, 5.74) is 6.82. The molecule has 0 fully saturated rings. The number of halogens is 1. The molecule has 0 bridgehead atoms. The van der Waals surface area contributed by atoms with E-state index in [1.54, 1.807) is 17.7 Å². The molecule has 1 aromatic heterocycles. The summed E-state index contributed by atoms with van der Waals surface area (Å²) in [5, 5.41) is 3.12. The van der Waals surface area contributed by atoms with Gasteiger partial charge in [-0.2, -0.15) is 0 Å². The fourth-order valence-electron chi connectivity index (χ4n) is 2.63. The number of aromatic nitrogens is 2. The van der Waals surface area contributed by atoms with E-state index in [1.165, 1.54) is 0 Å². The highest BCUT2D eigenvalue weighted by atomic mass is 35.5. The largest absolute Gasteiger partial charge is 0.396 e. The summed E-state index contributed by atoms with van der Waals surface area (Å²) in [7, 11) is 0. The Balaban J connectivity index is 2.71. The lowest BCUT2D eigenvalue weighted by atomic mass is 10.0. The summed E-state index contributed by atoms with van der Waals surface area (Å²) in [6.45, 7) is 9.22. The van der Waals surface area contributed by atoms with Crippen molar-refractivity contribution in [2.24, 2.45) is 10.7 Å². The van der Waals surface area contributed by atoms with Crippen molar-refractivity contribution in [3.63, 3.8) is 0 Å². The van der Waals surface area contributed by atoms with E-state index in [0.717, 1.165) is 0 Å². The first-order chi connectivity index (χ1) is 11.4. The van der Waals surface area contributed by atoms with Crippen molar-refractivity contribution >= 4 is 34.6 Å². The molecular weight excluding hydrogens is 330 g/mol. The second kappa shape index (κ2) is 7.09. The molecule has 0 aromatic carbocycles. The molecule has 0 aliphatic heterocycles. The number of aliphatic imine (C=N–C) groups is 1. The van der Waals surface area contributed by atoms with Crippen LogP contribution in [0.3, 0.4) is 0 Å². The average Bonchev–Trinajstić information content (AvgIpc) is 2.82. The van der Waals surface area contributed by atoms with Gasteiger partial charge in [0.25, 0.3) is 5.56 Å². The quantitative estimate of drug-likeness (QED) is 0.794. The van der Waals surface area contributed by atoms with Gasteiger partial charge >= 0.3 is 0 Å². The van der Waals surface area contributed by atoms with Gasteiger partial charge in [-0.25, -0.2) is 9.67 Å². The smallest absolute Gasteiger partial charge is 0.294 e. The number of Topliss-reactive ketones (excluding diaryl/α,β-unsaturated/α-hetero) is 1. The van der Waals surface area contributed by atoms with Crippen molar-refractivity contribution in [3.05, 3.63) is 32.7 Å². The minimum atomic E-state index is -0.322. The second-order valence-electron chi connectivity index (χ2n) is 5.35. The Bertz CT molecular complexity index is 826. The highest BCUT2D eigenvalue weighted by Crippen LogP contribution is 2.26. The Hall–Kier alpha value is -2.28. The maximum atomic E-state index is 12.7. The molecular formula is C16H22ClN5O2. The van der Waals surface area contributed by atoms with Crippen molar-refractivity contribution < 1.29 is 4.79 Å². The zero-order chi connectivity index (χ0) is 18.0. The molecule has 0 spiro atoms. The average molecular weight is 352 g/mol. The minimum absolute atomic E-state index is 0.0653. The van der Waals surface area contributed by atoms with E-state index in [9.17, 15) is 9.59 Å². The molecule has 0 unspecified atom stereocenters. The Labute approximate surface area is 145 Å². The molecule has 0 atom stereocenters. The van der Waals surface area contributed by atoms with Crippen LogP contribution in [-0.4, -0.2) is 27.4 Å². The molecule has 0 saturated heterocycles. The van der Waals surface area contributed by atoms with Gasteiger partial charge < -0.3 is 11.1 Å². The molecule has 3 N–H and O–H groups in total. The molecule has 0 saturated carbocycles. The van der Waals surface area contributed by atoms with Gasteiger partial charge in [0.1, 0.15) is 5.03 Å². The summed E-state index contributed by atoms with van der Waals surface area (Å²) in [6.07, 6.45) is 1.55. The molecule has 24 heavy (non-hydrogen) atoms. The van der Waals surface area contributed by atoms with Crippen LogP contribution in [0.4, 0.5) is 11.5 Å². The third-order valence-electron chi connectivity index (χ3n) is 3.81. The molecule has 1 heterocycles. The monoisotopic (exact) mass is 351 g/mol. The van der Waals surface area contributed by atoms with Crippen LogP contribution in [0.15, 0.2) is 32.2 Å². The predicted molar refractivity (Wildman–Crippen MR) is 97.1 cm³/mol. The van der Waals surface area contributed by atoms with Crippen LogP contribution in [0.2, 0.25) is 0 Å². The third kappa shape index (κ3) is 2.91. The van der Waals surface area contributed by atoms with Crippen molar-refractivity contribution in [2.75, 3.05) is 11.9 Å². The number of nitrogens with two attached hydrogens (primary N) is 1. The van der Waals surface area contributed by atoms with E-state index in [0.29, 0.717) is 36.7 Å². The maximum absolute atomic E-state index is 12.7. The fraction of sp³-hybridized carbons (Fsp3) is 0.438. The van der Waals surface area contributed by atoms with E-state index in [2.05, 4.69) is 10.3 Å². The van der Waals surface area contributed by atoms with Gasteiger partial charge in [-0.15, -0.1) is 0 Å². The maximum Gasteiger partial charge on any atom is 0.294 e. The van der Waals surface area contributed by atoms with Gasteiger partial charge in [-0.05, 0) is 33.8 Å². The lowest BCUT2D eigenvalue weighted by molar-refractivity contribution is -0.111. The van der Waals surface area contributed by atoms with Crippen LogP contribution in [-0.2, 0) is 17.9 Å². The number of anilines is 1. The van der Waals surface area contributed by atoms with Crippen LogP contribution in [0, 0.1) is 0 Å². The Morgan fingerprint density at radius 3 is 2.38 bits per heavy atom. The van der Waals surface area contributed by atoms with Gasteiger partial charge in [-0.1, -0.05) is 11.6 Å². The van der Waals surface area contributed by atoms with Gasteiger partial charge in [-0.3, -0.25) is 14.3 Å². The Morgan fingerprint density at radius 2 is 1.83 bits per heavy atom. The molecule has 1 aliphatic carbocycles. The van der Waals surface area contributed by atoms with Crippen LogP contribution >= 0.6 is 11.6 Å². The number of hydrogen-bond acceptors (Lipinski definition) is 5. The first kappa shape index (κ1) is 18.1. The van der Waals surface area contributed by atoms with Crippen LogP contribution in [0.1, 0.15) is 27.7 Å². The zero-order valence-electron chi connectivity index (χ0n) is 14.3. The Kier molecular flexibility index (Phi) is 5.33. The SMILES string of the molecule is CCNc1c(N=C2C=C(C)C(=O)C(Cl)=C2N)c(=O)n(CC)n1CC. The number of carbonyl (C=O) groups excluding carboxylic acids is 1. The minimum Gasteiger partial charge on any atom is -0.396 e. The molecule has 2 rings (SSSR count). The number of hydrogen-bond donors (Lipinski definition) is 2. The lowest BCUT2D eigenvalue weighted by Crippen LogP contribution is -2.23. The molecule has 0 radical (unpaired) electrons. The first-order valence-electron chi connectivity index (χ1n) is 7.92. The van der Waals surface area contributed by atoms with E-state index in [-0.39, 0.29) is 27.8 Å². The van der Waals surface area contributed by atoms with E-state index in [4.69, 9.17) is 17.3 Å². The van der Waals surface area contributed by atoms with Crippen molar-refractivity contribution in [1.29, 1.82) is 0 Å². The number of carbonyl (C=O) groups is 1. The van der Waals surface area contributed by atoms with Gasteiger partial charge in [0.2, 0.25) is 5.78 Å². The van der Waals surface area contributed by atoms with Crippen LogP contribution in [0.25, 0.3) is 0 Å². The third-order valence-corrected chi connectivity index (χ3v) is 4.18. The number of ketones is 1. The summed E-state index contributed by atoms with van der Waals surface area (Å²) in [5.74, 6) is 0.309. The van der Waals surface area contributed by atoms with Gasteiger partial charge in [0.15, 0.2) is 11.5 Å². The summed E-state index contributed by atoms with van der Waals surface area (Å²) < 4.78 is 3.46. The second-order valence-corrected chi connectivity index (χ2v) is 5.72. The molecule has 1 aliphatic rings. The lowest BCUT2D eigenvalue weighted by Gasteiger charge is -2.13. The normalized spacial score (nSPS) is 16.8. The van der Waals surface area contributed by atoms with Gasteiger partial charge in [0, 0.05) is 25.2 Å². The first-order valence-corrected chi connectivity index (χ1v) is 8.29. The zero-order valence-corrected chi connectivity index (χ0v) is 15.1. The van der Waals surface area contributed by atoms with E-state index < -0.39 is 0 Å². The summed E-state index contributed by atoms with van der Waals surface area (Å²) in [6, 6.07) is 0. The topological polar surface area (TPSA) is 94.4 Å². The highest BCUT2D eigenvalue weighted by molar-refractivity contribution is 6.49. The molecule has 1 aromatic rings. The molecule has 130 valence electrons. The molecule has 8 heteroatoms. The summed E-state index contributed by atoms with van der Waals surface area (Å²) >= 11 is 5.98. The van der Waals surface area contributed by atoms with Crippen LogP contribution in [0.5, 0.6) is 0 Å². The van der Waals surface area contributed by atoms with Crippen molar-refractivity contribution in [3.8, 4) is 0 Å². The fourth-order valence-corrected chi connectivity index (χ4v) is 2.88. The predicted octanol–water partition coefficient (Wildman–Crippen LogP) is 2.13. The standard InChI is InChI=1S/C16H22ClN5O2/c1-5-19-15-13(16(24)22(7-3)21(15)6-2)20-10-8-9(4)14(23)11(17)12(10)18/h8,19H,5-7,18H2,1-4H3. The highest BCUT2D eigenvalue weighted by Gasteiger charge is 2.24. The van der Waals surface area contributed by atoms with Crippen molar-refractivity contribution in [2.45, 2.75) is 40.8 Å². The van der Waals surface area contributed by atoms with E-state index in [1.807, 2.05) is 25.5 Å². The van der Waals surface area contributed by atoms with Crippen molar-refractivity contribution in [1.82, 2.24) is 9.36 Å². The number of nitrogens with zero attached hydrogens (tertiary/aromatic N) is 3. The summed E-state index contributed by atoms with van der Waals surface area (Å²) in [4.78, 5) is 29.0. The van der Waals surface area contributed by atoms with E-state index >= 15 is 0 Å². The van der Waals surface area contributed by atoms with Gasteiger partial charge in [0.05, 0.1) is 11.4 Å². The molecule has 0 amide bonds.